The van der Waals surface area contributed by atoms with Crippen molar-refractivity contribution >= 4 is 6.03 Å². The second kappa shape index (κ2) is 9.31. The number of benzene rings is 2. The van der Waals surface area contributed by atoms with Gasteiger partial charge in [-0.2, -0.15) is 0 Å². The number of nitrogens with zero attached hydrogens (tertiary/aromatic N) is 2. The molecule has 1 aliphatic rings. The number of amides is 2. The van der Waals surface area contributed by atoms with Crippen molar-refractivity contribution in [3.8, 4) is 17.4 Å². The molecule has 0 saturated heterocycles. The number of rotatable bonds is 8. The fourth-order valence-electron chi connectivity index (χ4n) is 3.17. The molecule has 1 fully saturated rings. The first-order valence-corrected chi connectivity index (χ1v) is 10.1. The predicted octanol–water partition coefficient (Wildman–Crippen LogP) is 4.76. The molecule has 0 radical (unpaired) electrons. The van der Waals surface area contributed by atoms with Crippen LogP contribution in [0.4, 0.5) is 4.79 Å². The van der Waals surface area contributed by atoms with Crippen molar-refractivity contribution in [2.75, 3.05) is 7.11 Å². The van der Waals surface area contributed by atoms with Crippen molar-refractivity contribution in [3.63, 3.8) is 0 Å². The molecule has 6 heteroatoms. The summed E-state index contributed by atoms with van der Waals surface area (Å²) in [5, 5.41) is 3.01. The Morgan fingerprint density at radius 1 is 1.03 bits per heavy atom. The van der Waals surface area contributed by atoms with Crippen LogP contribution < -0.4 is 14.8 Å². The van der Waals surface area contributed by atoms with E-state index in [9.17, 15) is 4.79 Å². The van der Waals surface area contributed by atoms with Gasteiger partial charge < -0.3 is 19.7 Å². The van der Waals surface area contributed by atoms with Gasteiger partial charge in [0.15, 0.2) is 0 Å². The number of ether oxygens (including phenoxy) is 2. The van der Waals surface area contributed by atoms with E-state index in [4.69, 9.17) is 9.47 Å². The molecule has 2 amide bonds. The first-order chi connectivity index (χ1) is 14.7. The third-order valence-electron chi connectivity index (χ3n) is 4.95. The Labute approximate surface area is 176 Å². The van der Waals surface area contributed by atoms with Gasteiger partial charge in [-0.05, 0) is 36.1 Å². The summed E-state index contributed by atoms with van der Waals surface area (Å²) in [5.41, 5.74) is 2.05. The highest BCUT2D eigenvalue weighted by molar-refractivity contribution is 5.75. The molecular formula is C24H25N3O3. The Morgan fingerprint density at radius 2 is 1.83 bits per heavy atom. The maximum atomic E-state index is 12.7. The molecule has 1 heterocycles. The van der Waals surface area contributed by atoms with Crippen molar-refractivity contribution in [2.24, 2.45) is 0 Å². The summed E-state index contributed by atoms with van der Waals surface area (Å²) in [7, 11) is 1.62. The van der Waals surface area contributed by atoms with Crippen molar-refractivity contribution in [1.29, 1.82) is 0 Å². The van der Waals surface area contributed by atoms with Gasteiger partial charge in [0, 0.05) is 37.5 Å². The van der Waals surface area contributed by atoms with E-state index in [1.165, 1.54) is 0 Å². The molecule has 30 heavy (non-hydrogen) atoms. The molecule has 1 aliphatic carbocycles. The van der Waals surface area contributed by atoms with Crippen LogP contribution in [0.5, 0.6) is 17.4 Å². The lowest BCUT2D eigenvalue weighted by atomic mass is 10.2. The Morgan fingerprint density at radius 3 is 2.53 bits per heavy atom. The molecule has 0 bridgehead atoms. The normalized spacial score (nSPS) is 12.8. The van der Waals surface area contributed by atoms with Crippen LogP contribution in [-0.4, -0.2) is 29.1 Å². The summed E-state index contributed by atoms with van der Waals surface area (Å²) in [4.78, 5) is 19.0. The maximum absolute atomic E-state index is 12.7. The molecule has 1 saturated carbocycles. The lowest BCUT2D eigenvalue weighted by molar-refractivity contribution is 0.191. The Bertz CT molecular complexity index is 973. The van der Waals surface area contributed by atoms with Crippen molar-refractivity contribution < 1.29 is 14.3 Å². The van der Waals surface area contributed by atoms with Gasteiger partial charge in [0.05, 0.1) is 7.11 Å². The van der Waals surface area contributed by atoms with Crippen molar-refractivity contribution in [1.82, 2.24) is 15.2 Å². The molecule has 4 rings (SSSR count). The Balaban J connectivity index is 1.32. The number of carbonyl (C=O) groups is 1. The second-order valence-electron chi connectivity index (χ2n) is 7.29. The predicted molar refractivity (Wildman–Crippen MR) is 115 cm³/mol. The number of hydrogen-bond donors (Lipinski definition) is 1. The van der Waals surface area contributed by atoms with Crippen LogP contribution in [0.15, 0.2) is 72.9 Å². The molecule has 2 aromatic carbocycles. The van der Waals surface area contributed by atoms with Crippen LogP contribution >= 0.6 is 0 Å². The first kappa shape index (κ1) is 19.8. The number of carbonyl (C=O) groups excluding carboxylic acids is 1. The lowest BCUT2D eigenvalue weighted by Gasteiger charge is -2.23. The highest BCUT2D eigenvalue weighted by atomic mass is 16.5. The van der Waals surface area contributed by atoms with Gasteiger partial charge in [-0.1, -0.05) is 42.5 Å². The van der Waals surface area contributed by atoms with Gasteiger partial charge >= 0.3 is 6.03 Å². The zero-order valence-electron chi connectivity index (χ0n) is 17.0. The summed E-state index contributed by atoms with van der Waals surface area (Å²) in [6.45, 7) is 1.05. The summed E-state index contributed by atoms with van der Waals surface area (Å²) >= 11 is 0. The number of hydrogen-bond acceptors (Lipinski definition) is 4. The molecule has 0 atom stereocenters. The molecule has 0 unspecified atom stereocenters. The largest absolute Gasteiger partial charge is 0.497 e. The fourth-order valence-corrected chi connectivity index (χ4v) is 3.17. The maximum Gasteiger partial charge on any atom is 0.318 e. The summed E-state index contributed by atoms with van der Waals surface area (Å²) < 4.78 is 11.0. The summed E-state index contributed by atoms with van der Waals surface area (Å²) in [5.74, 6) is 1.87. The third-order valence-corrected chi connectivity index (χ3v) is 4.95. The van der Waals surface area contributed by atoms with Crippen LogP contribution in [-0.2, 0) is 13.1 Å². The van der Waals surface area contributed by atoms with E-state index in [0.717, 1.165) is 29.7 Å². The van der Waals surface area contributed by atoms with Crippen molar-refractivity contribution in [2.45, 2.75) is 32.0 Å². The highest BCUT2D eigenvalue weighted by Gasteiger charge is 2.32. The van der Waals surface area contributed by atoms with E-state index in [2.05, 4.69) is 10.3 Å². The molecule has 6 nitrogen and oxygen atoms in total. The molecule has 3 aromatic rings. The van der Waals surface area contributed by atoms with E-state index >= 15 is 0 Å². The molecule has 0 spiro atoms. The van der Waals surface area contributed by atoms with Crippen LogP contribution in [0.1, 0.15) is 24.0 Å². The minimum absolute atomic E-state index is 0.0435. The lowest BCUT2D eigenvalue weighted by Crippen LogP contribution is -2.40. The average molecular weight is 403 g/mol. The smallest absolute Gasteiger partial charge is 0.318 e. The zero-order valence-corrected chi connectivity index (χ0v) is 17.0. The topological polar surface area (TPSA) is 63.7 Å². The Kier molecular flexibility index (Phi) is 6.13. The van der Waals surface area contributed by atoms with Crippen molar-refractivity contribution in [3.05, 3.63) is 84.1 Å². The average Bonchev–Trinajstić information content (AvgIpc) is 3.63. The van der Waals surface area contributed by atoms with E-state index < -0.39 is 0 Å². The number of nitrogens with one attached hydrogen (secondary N) is 1. The standard InChI is InChI=1S/C24H25N3O3/c1-29-21-8-5-9-22(14-21)30-23-13-10-19(15-25-23)16-26-24(28)27(20-11-12-20)17-18-6-3-2-4-7-18/h2-10,13-15,20H,11-12,16-17H2,1H3,(H,26,28). The van der Waals surface area contributed by atoms with E-state index in [1.807, 2.05) is 59.5 Å². The van der Waals surface area contributed by atoms with Crippen LogP contribution in [0, 0.1) is 0 Å². The first-order valence-electron chi connectivity index (χ1n) is 10.1. The SMILES string of the molecule is COc1cccc(Oc2ccc(CNC(=O)N(Cc3ccccc3)C3CC3)cn2)c1. The number of pyridine rings is 1. The highest BCUT2D eigenvalue weighted by Crippen LogP contribution is 2.28. The minimum Gasteiger partial charge on any atom is -0.497 e. The van der Waals surface area contributed by atoms with Gasteiger partial charge in [-0.25, -0.2) is 9.78 Å². The number of methoxy groups -OCH3 is 1. The van der Waals surface area contributed by atoms with Gasteiger partial charge in [-0.3, -0.25) is 0 Å². The van der Waals surface area contributed by atoms with Gasteiger partial charge in [-0.15, -0.1) is 0 Å². The Hall–Kier alpha value is -3.54. The molecule has 0 aliphatic heterocycles. The molecular weight excluding hydrogens is 378 g/mol. The van der Waals surface area contributed by atoms with Gasteiger partial charge in [0.2, 0.25) is 5.88 Å². The molecule has 1 N–H and O–H groups in total. The van der Waals surface area contributed by atoms with E-state index in [-0.39, 0.29) is 6.03 Å². The number of urea groups is 1. The van der Waals surface area contributed by atoms with Gasteiger partial charge in [0.25, 0.3) is 0 Å². The molecule has 1 aromatic heterocycles. The zero-order chi connectivity index (χ0) is 20.8. The minimum atomic E-state index is -0.0435. The summed E-state index contributed by atoms with van der Waals surface area (Å²) in [6, 6.07) is 21.4. The monoisotopic (exact) mass is 403 g/mol. The second-order valence-corrected chi connectivity index (χ2v) is 7.29. The quantitative estimate of drug-likeness (QED) is 0.589. The molecule has 154 valence electrons. The van der Waals surface area contributed by atoms with E-state index in [0.29, 0.717) is 30.8 Å². The van der Waals surface area contributed by atoms with Crippen LogP contribution in [0.3, 0.4) is 0 Å². The van der Waals surface area contributed by atoms with E-state index in [1.54, 1.807) is 25.4 Å². The number of aromatic nitrogens is 1. The van der Waals surface area contributed by atoms with Crippen LogP contribution in [0.25, 0.3) is 0 Å². The fraction of sp³-hybridized carbons (Fsp3) is 0.250. The third kappa shape index (κ3) is 5.29. The summed E-state index contributed by atoms with van der Waals surface area (Å²) in [6.07, 6.45) is 3.85. The van der Waals surface area contributed by atoms with Crippen LogP contribution in [0.2, 0.25) is 0 Å². The van der Waals surface area contributed by atoms with Gasteiger partial charge in [0.1, 0.15) is 11.5 Å².